The Balaban J connectivity index is 0.755. The van der Waals surface area contributed by atoms with Crippen LogP contribution >= 0.6 is 12.6 Å². The second kappa shape index (κ2) is 56.1. The maximum atomic E-state index is 14.5. The van der Waals surface area contributed by atoms with Crippen LogP contribution in [-0.2, 0) is 138 Å². The number of unbranched alkanes of at least 4 members (excludes halogenated alkanes) is 1. The molecule has 1 aromatic heterocycles. The van der Waals surface area contributed by atoms with Crippen LogP contribution in [0.4, 0.5) is 15.3 Å². The topological polar surface area (TPSA) is 793 Å². The molecular formula is C87H134N10O44S. The highest BCUT2D eigenvalue weighted by Gasteiger charge is 2.60. The third kappa shape index (κ3) is 30.9. The van der Waals surface area contributed by atoms with E-state index in [0.717, 1.165) is 0 Å². The Hall–Kier alpha value is -7.48. The van der Waals surface area contributed by atoms with Crippen molar-refractivity contribution in [3.63, 3.8) is 0 Å². The SMILES string of the molecule is CC(C)[C@H](NC(=O)[C@@H](CCCCNC(=O)COC1CCCCCc2c1nnn2CC1OC2OC3C(CO)OC(OC4C(CO)OC(OC5C(CO)OC(OC6C(CO)OC(OC7C(CO)OC(OC1C(O)C2O)C(O)C7O)C(O)C6O)C(O)C5O)C(O)C4O)C(O)C3O)NC(=O)CCOCCOCCOCCOCCC1C(=O)C=CC1=O)C(=O)N[C@@H](CCCNC(N)=O)C(=O)Nc1ccc(COC(=O)S)cc1. The van der Waals surface area contributed by atoms with Gasteiger partial charge in [-0.05, 0) is 93.6 Å². The molecule has 2 aliphatic carbocycles. The van der Waals surface area contributed by atoms with Crippen LogP contribution in [0.1, 0.15) is 108 Å². The first-order chi connectivity index (χ1) is 68.1. The molecule has 12 bridgehead atoms. The average Bonchev–Trinajstić information content (AvgIpc) is 1.12. The fraction of sp³-hybridized carbons (Fsp3) is 0.782. The van der Waals surface area contributed by atoms with Gasteiger partial charge in [0.05, 0.1) is 97.4 Å². The van der Waals surface area contributed by atoms with Gasteiger partial charge >= 0.3 is 11.3 Å². The fourth-order valence-corrected chi connectivity index (χ4v) is 17.6. The van der Waals surface area contributed by atoms with Crippen LogP contribution in [0, 0.1) is 11.8 Å². The number of primary amides is 1. The van der Waals surface area contributed by atoms with Gasteiger partial charge in [0.25, 0.3) is 0 Å². The first kappa shape index (κ1) is 115. The summed E-state index contributed by atoms with van der Waals surface area (Å²) in [6.45, 7) is -2.16. The van der Waals surface area contributed by atoms with Crippen LogP contribution < -0.4 is 37.6 Å². The summed E-state index contributed by atoms with van der Waals surface area (Å²) in [6, 6.07) is 1.54. The average molecular weight is 2060 g/mol. The number of allylic oxidation sites excluding steroid dienone is 2. The minimum Gasteiger partial charge on any atom is -0.453 e. The van der Waals surface area contributed by atoms with Crippen molar-refractivity contribution < 1.29 is 215 Å². The van der Waals surface area contributed by atoms with Crippen molar-refractivity contribution in [1.82, 2.24) is 41.6 Å². The number of nitrogens with one attached hydrogen (secondary N) is 6. The molecule has 55 heteroatoms. The Morgan fingerprint density at radius 1 is 0.472 bits per heavy atom. The van der Waals surface area contributed by atoms with E-state index < -0.39 is 307 Å². The predicted molar refractivity (Wildman–Crippen MR) is 473 cm³/mol. The van der Waals surface area contributed by atoms with Gasteiger partial charge in [-0.25, -0.2) is 14.3 Å². The van der Waals surface area contributed by atoms with E-state index in [2.05, 4.69) is 54.8 Å². The molecule has 23 heterocycles. The number of aliphatic hydroxyl groups is 17. The molecule has 22 fully saturated rings. The van der Waals surface area contributed by atoms with Gasteiger partial charge in [-0.2, -0.15) is 0 Å². The summed E-state index contributed by atoms with van der Waals surface area (Å²) in [5.41, 5.74) is 6.75. The molecule has 34 atom stereocenters. The maximum absolute atomic E-state index is 14.5. The predicted octanol–water partition coefficient (Wildman–Crippen LogP) is -10.4. The Morgan fingerprint density at radius 3 is 1.32 bits per heavy atom. The Bertz CT molecular complexity index is 4320. The number of amides is 7. The van der Waals surface area contributed by atoms with Crippen molar-refractivity contribution in [2.75, 3.05) is 111 Å². The monoisotopic (exact) mass is 2050 g/mol. The quantitative estimate of drug-likeness (QED) is 0.0127. The minimum absolute atomic E-state index is 0.00352. The van der Waals surface area contributed by atoms with Crippen LogP contribution in [0.15, 0.2) is 36.4 Å². The van der Waals surface area contributed by atoms with Crippen molar-refractivity contribution >= 4 is 70.8 Å². The number of urea groups is 1. The number of nitrogens with zero attached hydrogens (tertiary/aromatic N) is 3. The van der Waals surface area contributed by atoms with Gasteiger partial charge in [0.15, 0.2) is 49.3 Å². The van der Waals surface area contributed by atoms with Crippen LogP contribution in [0.2, 0.25) is 0 Å². The van der Waals surface area contributed by atoms with Crippen molar-refractivity contribution in [3.05, 3.63) is 53.4 Å². The molecule has 22 saturated heterocycles. The summed E-state index contributed by atoms with van der Waals surface area (Å²) in [7, 11) is 0. The summed E-state index contributed by atoms with van der Waals surface area (Å²) in [6.07, 6.45) is -57.6. The van der Waals surface area contributed by atoms with Gasteiger partial charge in [-0.1, -0.05) is 56.7 Å². The van der Waals surface area contributed by atoms with Gasteiger partial charge in [-0.15, -0.1) is 5.10 Å². The smallest absolute Gasteiger partial charge is 0.364 e. The van der Waals surface area contributed by atoms with Crippen molar-refractivity contribution in [1.29, 1.82) is 0 Å². The fourth-order valence-electron chi connectivity index (χ4n) is 17.5. The highest BCUT2D eigenvalue weighted by atomic mass is 32.1. The minimum atomic E-state index is -2.30. The number of benzene rings is 1. The lowest BCUT2D eigenvalue weighted by Crippen LogP contribution is -2.69. The summed E-state index contributed by atoms with van der Waals surface area (Å²) in [5, 5.41) is 219. The maximum Gasteiger partial charge on any atom is 0.364 e. The number of fused-ring (bicyclic) bond motifs is 1. The number of ketones is 2. The molecule has 25 N–H and O–H groups in total. The molecule has 1 aromatic carbocycles. The third-order valence-electron chi connectivity index (χ3n) is 25.4. The number of thiol groups is 1. The second-order valence-corrected chi connectivity index (χ2v) is 36.1. The lowest BCUT2D eigenvalue weighted by molar-refractivity contribution is -0.403. The van der Waals surface area contributed by atoms with Gasteiger partial charge in [0.1, 0.15) is 190 Å². The van der Waals surface area contributed by atoms with Crippen LogP contribution in [0.25, 0.3) is 0 Å². The van der Waals surface area contributed by atoms with Crippen molar-refractivity contribution in [2.45, 2.75) is 313 Å². The Labute approximate surface area is 818 Å². The van der Waals surface area contributed by atoms with E-state index in [9.17, 15) is 130 Å². The van der Waals surface area contributed by atoms with E-state index in [1.165, 1.54) is 29.0 Å². The molecule has 31 unspecified atom stereocenters. The van der Waals surface area contributed by atoms with E-state index >= 15 is 0 Å². The Morgan fingerprint density at radius 2 is 0.887 bits per heavy atom. The van der Waals surface area contributed by atoms with Gasteiger partial charge in [0, 0.05) is 31.8 Å². The molecule has 0 spiro atoms. The zero-order chi connectivity index (χ0) is 103. The zero-order valence-corrected chi connectivity index (χ0v) is 78.8. The molecule has 26 rings (SSSR count). The standard InChI is InChI=1S/C87H134N10O44S/c1-39(2)57(79(121)93-44(10-8-22-90-86(88)122)77(119)91-41-15-13-40(14-16-41)37-129-87(123)142)94-78(120)43(92-55(105)20-24-125-26-28-127-30-29-126-27-25-124-23-19-42-46(103)17-18-47(42)104)9-6-7-21-89-56(106)38-128-48-12-5-3-4-11-45-58(48)95-96-97(45)31-49-71-59(107)65(113)80(130-49)137-72-50(32-98)132-82(67(115)61(72)109)139-74-52(34-100)134-84(69(117)63(74)111)141-76-54(36-102)135-85(70(118)64(76)112)140-75-53(35-101)133-83(68(116)62(75)110)138-73-51(33-99)131-81(136-71)66(114)60(73)108/h13-18,39,42-44,48-54,57,59-76,80-85,98-102,107-118H,3-12,19-38H2,1-2H3,(H,89,106)(H,91,119)(H,92,105)(H,93,121)(H,94,120)(H,123,142)(H3,88,90,122)/t43-,44+,48?,49?,50?,51?,52?,53?,54?,57+,59?,60?,61?,62?,63?,64?,65?,66?,67?,68?,69?,70?,71?,72?,73?,74?,75?,76?,80?,81?,82?,83?,84?,85?/m1/s1. The first-order valence-corrected chi connectivity index (χ1v) is 47.6. The number of carbonyl (C=O) groups excluding carboxylic acids is 9. The second-order valence-electron chi connectivity index (χ2n) is 35.8. The van der Waals surface area contributed by atoms with Crippen LogP contribution in [0.3, 0.4) is 0 Å². The first-order valence-electron chi connectivity index (χ1n) is 47.2. The van der Waals surface area contributed by atoms with E-state index in [4.69, 9.17) is 91.0 Å². The van der Waals surface area contributed by atoms with Gasteiger partial charge in [0.2, 0.25) is 29.5 Å². The van der Waals surface area contributed by atoms with E-state index in [1.807, 2.05) is 0 Å². The number of rotatable bonds is 44. The number of carbonyl (C=O) groups is 9. The number of ether oxygens (including phenoxy) is 18. The molecule has 0 radical (unpaired) electrons. The molecular weight excluding hydrogens is 1920 g/mol. The summed E-state index contributed by atoms with van der Waals surface area (Å²) in [5.74, 6) is -5.33. The lowest BCUT2D eigenvalue weighted by Gasteiger charge is -2.50. The lowest BCUT2D eigenvalue weighted by atomic mass is 9.94. The van der Waals surface area contributed by atoms with Crippen molar-refractivity contribution in [2.24, 2.45) is 17.6 Å². The van der Waals surface area contributed by atoms with Gasteiger partial charge in [-0.3, -0.25) is 33.6 Å². The molecule has 24 aliphatic rings. The molecule has 7 amide bonds. The number of aromatic nitrogens is 3. The normalized spacial score (nSPS) is 34.2. The molecule has 142 heavy (non-hydrogen) atoms. The number of hydrogen-bond donors (Lipinski definition) is 25. The molecule has 2 aromatic rings. The molecule has 0 saturated carbocycles. The largest absolute Gasteiger partial charge is 0.453 e. The van der Waals surface area contributed by atoms with E-state index in [1.54, 1.807) is 26.0 Å². The summed E-state index contributed by atoms with van der Waals surface area (Å²) in [4.78, 5) is 117. The summed E-state index contributed by atoms with van der Waals surface area (Å²) < 4.78 is 106. The van der Waals surface area contributed by atoms with Crippen molar-refractivity contribution in [3.8, 4) is 0 Å². The number of aliphatic hydroxyl groups excluding tert-OH is 17. The highest BCUT2D eigenvalue weighted by Crippen LogP contribution is 2.40. The Kier molecular flexibility index (Phi) is 45.3. The number of anilines is 1. The highest BCUT2D eigenvalue weighted by molar-refractivity contribution is 7.96. The third-order valence-corrected chi connectivity index (χ3v) is 25.5. The summed E-state index contributed by atoms with van der Waals surface area (Å²) >= 11 is 3.61. The van der Waals surface area contributed by atoms with Crippen LogP contribution in [-0.4, -0.2) is 462 Å². The van der Waals surface area contributed by atoms with Gasteiger partial charge < -0.3 is 210 Å². The molecule has 802 valence electrons. The molecule has 22 aliphatic heterocycles. The van der Waals surface area contributed by atoms with Crippen LogP contribution in [0.5, 0.6) is 0 Å². The van der Waals surface area contributed by atoms with E-state index in [0.29, 0.717) is 36.2 Å². The van der Waals surface area contributed by atoms with E-state index in [-0.39, 0.29) is 148 Å². The molecule has 54 nitrogen and oxygen atoms in total. The number of hydrogen-bond acceptors (Lipinski definition) is 46. The zero-order valence-electron chi connectivity index (χ0n) is 78.0. The number of nitrogens with two attached hydrogens (primary N) is 1.